The van der Waals surface area contributed by atoms with Gasteiger partial charge < -0.3 is 0 Å². The fourth-order valence-electron chi connectivity index (χ4n) is 1.66. The second-order valence-corrected chi connectivity index (χ2v) is 3.67. The molecule has 0 bridgehead atoms. The van der Waals surface area contributed by atoms with Crippen LogP contribution in [0.2, 0.25) is 0 Å². The molecule has 1 saturated heterocycles. The zero-order valence-corrected chi connectivity index (χ0v) is 8.69. The van der Waals surface area contributed by atoms with Gasteiger partial charge in [-0.2, -0.15) is 0 Å². The summed E-state index contributed by atoms with van der Waals surface area (Å²) in [7, 11) is 0. The Morgan fingerprint density at radius 3 is 2.73 bits per heavy atom. The van der Waals surface area contributed by atoms with E-state index < -0.39 is 0 Å². The van der Waals surface area contributed by atoms with Crippen LogP contribution in [0.25, 0.3) is 0 Å². The predicted octanol–water partition coefficient (Wildman–Crippen LogP) is 2.24. The Labute approximate surface area is 89.6 Å². The van der Waals surface area contributed by atoms with Crippen LogP contribution in [0.3, 0.4) is 0 Å². The average Bonchev–Trinajstić information content (AvgIpc) is 2.58. The molecule has 2 rings (SSSR count). The molecule has 1 aromatic carbocycles. The standard InChI is InChI=1S/C12H15NO2/c14-12(11-7-3-1-4-8-11)13-9-5-2-6-10-15-13/h1,3-4,7-8H,2,5-6,9-10H2. The summed E-state index contributed by atoms with van der Waals surface area (Å²) < 4.78 is 0. The number of carbonyl (C=O) groups is 1. The Bertz CT molecular complexity index is 316. The molecule has 0 unspecified atom stereocenters. The summed E-state index contributed by atoms with van der Waals surface area (Å²) in [5, 5.41) is 1.49. The van der Waals surface area contributed by atoms with Crippen LogP contribution in [0.1, 0.15) is 29.6 Å². The second kappa shape index (κ2) is 4.94. The summed E-state index contributed by atoms with van der Waals surface area (Å²) >= 11 is 0. The summed E-state index contributed by atoms with van der Waals surface area (Å²) in [6.07, 6.45) is 3.20. The third-order valence-corrected chi connectivity index (χ3v) is 2.50. The highest BCUT2D eigenvalue weighted by Crippen LogP contribution is 2.11. The number of hydrogen-bond acceptors (Lipinski definition) is 2. The van der Waals surface area contributed by atoms with Gasteiger partial charge in [-0.1, -0.05) is 18.2 Å². The molecule has 15 heavy (non-hydrogen) atoms. The van der Waals surface area contributed by atoms with Crippen molar-refractivity contribution in [2.45, 2.75) is 19.3 Å². The number of hydroxylamine groups is 2. The van der Waals surface area contributed by atoms with Crippen molar-refractivity contribution in [2.24, 2.45) is 0 Å². The smallest absolute Gasteiger partial charge is 0.271 e. The monoisotopic (exact) mass is 205 g/mol. The lowest BCUT2D eigenvalue weighted by molar-refractivity contribution is -0.115. The largest absolute Gasteiger partial charge is 0.277 e. The number of hydrogen-bond donors (Lipinski definition) is 0. The van der Waals surface area contributed by atoms with Crippen molar-refractivity contribution in [1.29, 1.82) is 0 Å². The van der Waals surface area contributed by atoms with Gasteiger partial charge in [-0.15, -0.1) is 0 Å². The van der Waals surface area contributed by atoms with Crippen LogP contribution in [0.4, 0.5) is 0 Å². The van der Waals surface area contributed by atoms with E-state index in [0.717, 1.165) is 19.3 Å². The number of benzene rings is 1. The van der Waals surface area contributed by atoms with Crippen molar-refractivity contribution >= 4 is 5.91 Å². The van der Waals surface area contributed by atoms with Gasteiger partial charge in [0.05, 0.1) is 6.61 Å². The van der Waals surface area contributed by atoms with Crippen LogP contribution < -0.4 is 0 Å². The van der Waals surface area contributed by atoms with E-state index in [4.69, 9.17) is 4.84 Å². The molecule has 3 nitrogen and oxygen atoms in total. The fourth-order valence-corrected chi connectivity index (χ4v) is 1.66. The van der Waals surface area contributed by atoms with Gasteiger partial charge in [0, 0.05) is 12.1 Å². The summed E-state index contributed by atoms with van der Waals surface area (Å²) in [6.45, 7) is 1.35. The Kier molecular flexibility index (Phi) is 3.35. The van der Waals surface area contributed by atoms with Crippen LogP contribution in [-0.4, -0.2) is 24.1 Å². The normalized spacial score (nSPS) is 17.2. The molecule has 0 radical (unpaired) electrons. The van der Waals surface area contributed by atoms with Gasteiger partial charge in [-0.3, -0.25) is 9.63 Å². The second-order valence-electron chi connectivity index (χ2n) is 3.67. The Balaban J connectivity index is 2.06. The predicted molar refractivity (Wildman–Crippen MR) is 57.3 cm³/mol. The van der Waals surface area contributed by atoms with E-state index in [0.29, 0.717) is 18.7 Å². The minimum Gasteiger partial charge on any atom is -0.271 e. The van der Waals surface area contributed by atoms with Crippen LogP contribution in [0, 0.1) is 0 Å². The molecule has 1 aliphatic rings. The molecular formula is C12H15NO2. The summed E-state index contributed by atoms with van der Waals surface area (Å²) in [5.41, 5.74) is 0.694. The lowest BCUT2D eigenvalue weighted by Crippen LogP contribution is -2.31. The van der Waals surface area contributed by atoms with Crippen LogP contribution in [-0.2, 0) is 4.84 Å². The van der Waals surface area contributed by atoms with E-state index in [2.05, 4.69) is 0 Å². The summed E-state index contributed by atoms with van der Waals surface area (Å²) in [4.78, 5) is 17.4. The molecule has 1 heterocycles. The molecule has 1 aliphatic heterocycles. The van der Waals surface area contributed by atoms with Crippen molar-refractivity contribution in [3.05, 3.63) is 35.9 Å². The lowest BCUT2D eigenvalue weighted by Gasteiger charge is -2.19. The van der Waals surface area contributed by atoms with Crippen LogP contribution in [0.5, 0.6) is 0 Å². The molecule has 80 valence electrons. The zero-order valence-electron chi connectivity index (χ0n) is 8.69. The topological polar surface area (TPSA) is 29.5 Å². The van der Waals surface area contributed by atoms with Gasteiger partial charge in [0.25, 0.3) is 5.91 Å². The van der Waals surface area contributed by atoms with Crippen molar-refractivity contribution in [3.63, 3.8) is 0 Å². The highest BCUT2D eigenvalue weighted by molar-refractivity contribution is 5.93. The van der Waals surface area contributed by atoms with E-state index in [1.165, 1.54) is 5.06 Å². The lowest BCUT2D eigenvalue weighted by atomic mass is 10.2. The minimum absolute atomic E-state index is 0.0301. The summed E-state index contributed by atoms with van der Waals surface area (Å²) in [6, 6.07) is 9.27. The molecule has 0 aromatic heterocycles. The van der Waals surface area contributed by atoms with Gasteiger partial charge in [-0.05, 0) is 31.4 Å². The first-order valence-electron chi connectivity index (χ1n) is 5.38. The van der Waals surface area contributed by atoms with E-state index in [1.54, 1.807) is 0 Å². The maximum Gasteiger partial charge on any atom is 0.277 e. The van der Waals surface area contributed by atoms with Crippen molar-refractivity contribution < 1.29 is 9.63 Å². The molecule has 0 saturated carbocycles. The van der Waals surface area contributed by atoms with E-state index >= 15 is 0 Å². The first kappa shape index (κ1) is 10.2. The Morgan fingerprint density at radius 1 is 1.13 bits per heavy atom. The SMILES string of the molecule is O=C(c1ccccc1)N1CCCCCO1. The Morgan fingerprint density at radius 2 is 1.93 bits per heavy atom. The third kappa shape index (κ3) is 2.57. The maximum absolute atomic E-state index is 12.0. The fraction of sp³-hybridized carbons (Fsp3) is 0.417. The zero-order chi connectivity index (χ0) is 10.5. The molecule has 0 spiro atoms. The molecular weight excluding hydrogens is 190 g/mol. The molecule has 3 heteroatoms. The highest BCUT2D eigenvalue weighted by atomic mass is 16.7. The minimum atomic E-state index is -0.0301. The van der Waals surface area contributed by atoms with Crippen LogP contribution in [0.15, 0.2) is 30.3 Å². The first-order chi connectivity index (χ1) is 7.38. The molecule has 1 amide bonds. The Hall–Kier alpha value is -1.35. The average molecular weight is 205 g/mol. The van der Waals surface area contributed by atoms with Gasteiger partial charge in [0.2, 0.25) is 0 Å². The van der Waals surface area contributed by atoms with Crippen molar-refractivity contribution in [2.75, 3.05) is 13.2 Å². The molecule has 1 aromatic rings. The van der Waals surface area contributed by atoms with Crippen LogP contribution >= 0.6 is 0 Å². The molecule has 0 atom stereocenters. The van der Waals surface area contributed by atoms with Gasteiger partial charge >= 0.3 is 0 Å². The molecule has 0 N–H and O–H groups in total. The van der Waals surface area contributed by atoms with Crippen molar-refractivity contribution in [3.8, 4) is 0 Å². The number of amides is 1. The van der Waals surface area contributed by atoms with Gasteiger partial charge in [-0.25, -0.2) is 5.06 Å². The highest BCUT2D eigenvalue weighted by Gasteiger charge is 2.17. The first-order valence-corrected chi connectivity index (χ1v) is 5.38. The number of nitrogens with zero attached hydrogens (tertiary/aromatic N) is 1. The van der Waals surface area contributed by atoms with Crippen molar-refractivity contribution in [1.82, 2.24) is 5.06 Å². The molecule has 0 aliphatic carbocycles. The van der Waals surface area contributed by atoms with E-state index in [-0.39, 0.29) is 5.91 Å². The van der Waals surface area contributed by atoms with Gasteiger partial charge in [0.1, 0.15) is 0 Å². The molecule has 1 fully saturated rings. The third-order valence-electron chi connectivity index (χ3n) is 2.50. The quantitative estimate of drug-likeness (QED) is 0.703. The number of rotatable bonds is 1. The van der Waals surface area contributed by atoms with E-state index in [9.17, 15) is 4.79 Å². The van der Waals surface area contributed by atoms with Gasteiger partial charge in [0.15, 0.2) is 0 Å². The maximum atomic E-state index is 12.0. The number of carbonyl (C=O) groups excluding carboxylic acids is 1. The van der Waals surface area contributed by atoms with E-state index in [1.807, 2.05) is 30.3 Å². The summed E-state index contributed by atoms with van der Waals surface area (Å²) in [5.74, 6) is -0.0301.